The van der Waals surface area contributed by atoms with Gasteiger partial charge >= 0.3 is 0 Å². The molecule has 2 aliphatic heterocycles. The highest BCUT2D eigenvalue weighted by atomic mass is 35.5. The van der Waals surface area contributed by atoms with Crippen LogP contribution in [0.1, 0.15) is 55.2 Å². The first-order valence-electron chi connectivity index (χ1n) is 10.9. The number of halogens is 2. The first-order chi connectivity index (χ1) is 15.1. The Hall–Kier alpha value is -1.90. The predicted molar refractivity (Wildman–Crippen MR) is 128 cm³/mol. The van der Waals surface area contributed by atoms with Crippen LogP contribution in [0.25, 0.3) is 0 Å². The molecule has 0 saturated carbocycles. The molecule has 6 nitrogen and oxygen atoms in total. The van der Waals surface area contributed by atoms with Gasteiger partial charge in [-0.3, -0.25) is 4.79 Å². The zero-order chi connectivity index (χ0) is 23.0. The number of aromatic nitrogens is 2. The normalized spacial score (nSPS) is 19.8. The Balaban J connectivity index is 1.51. The van der Waals surface area contributed by atoms with E-state index in [1.54, 1.807) is 12.4 Å². The Labute approximate surface area is 197 Å². The maximum Gasteiger partial charge on any atom is 0.230 e. The molecule has 2 aromatic rings. The minimum atomic E-state index is -0.576. The molecule has 172 valence electrons. The summed E-state index contributed by atoms with van der Waals surface area (Å²) in [6.07, 6.45) is 2.06. The molecule has 1 aromatic heterocycles. The van der Waals surface area contributed by atoms with Crippen molar-refractivity contribution in [1.82, 2.24) is 14.9 Å². The second kappa shape index (κ2) is 9.15. The van der Waals surface area contributed by atoms with Crippen LogP contribution in [-0.2, 0) is 10.5 Å². The number of rotatable bonds is 5. The zero-order valence-electron chi connectivity index (χ0n) is 18.6. The standard InChI is InChI=1S/C23H29ClFN5OS/c1-14-20-19(12-32-14)27-13-28-21(20)29-6-8-30(9-7-29)22(31)16(11-23(2,3)26)15-4-5-17(24)18(25)10-15/h4-5,10,13-14,16H,6-9,11-12,26H2,1-3H3. The molecular weight excluding hydrogens is 449 g/mol. The molecule has 2 N–H and O–H groups in total. The predicted octanol–water partition coefficient (Wildman–Crippen LogP) is 4.14. The van der Waals surface area contributed by atoms with Gasteiger partial charge in [-0.1, -0.05) is 17.7 Å². The van der Waals surface area contributed by atoms with Gasteiger partial charge in [0.1, 0.15) is 18.0 Å². The van der Waals surface area contributed by atoms with Gasteiger partial charge < -0.3 is 15.5 Å². The van der Waals surface area contributed by atoms with E-state index in [4.69, 9.17) is 17.3 Å². The van der Waals surface area contributed by atoms with Gasteiger partial charge in [0.2, 0.25) is 5.91 Å². The van der Waals surface area contributed by atoms with E-state index in [-0.39, 0.29) is 10.9 Å². The minimum absolute atomic E-state index is 0.0262. The third-order valence-electron chi connectivity index (χ3n) is 6.09. The van der Waals surface area contributed by atoms with E-state index < -0.39 is 17.3 Å². The van der Waals surface area contributed by atoms with Crippen molar-refractivity contribution >= 4 is 35.1 Å². The fraction of sp³-hybridized carbons (Fsp3) is 0.522. The molecule has 2 atom stereocenters. The number of thioether (sulfide) groups is 1. The van der Waals surface area contributed by atoms with Gasteiger partial charge in [-0.25, -0.2) is 14.4 Å². The Bertz CT molecular complexity index is 1010. The van der Waals surface area contributed by atoms with E-state index in [1.807, 2.05) is 30.5 Å². The molecule has 1 saturated heterocycles. The number of hydrogen-bond donors (Lipinski definition) is 1. The van der Waals surface area contributed by atoms with E-state index in [0.717, 1.165) is 17.3 Å². The maximum atomic E-state index is 14.1. The molecule has 1 fully saturated rings. The summed E-state index contributed by atoms with van der Waals surface area (Å²) >= 11 is 7.73. The summed E-state index contributed by atoms with van der Waals surface area (Å²) in [7, 11) is 0. The lowest BCUT2D eigenvalue weighted by atomic mass is 9.85. The molecule has 4 rings (SSSR count). The van der Waals surface area contributed by atoms with Gasteiger partial charge in [0.05, 0.1) is 16.6 Å². The average molecular weight is 478 g/mol. The third-order valence-corrected chi connectivity index (χ3v) is 7.57. The number of carbonyl (C=O) groups excluding carboxylic acids is 1. The van der Waals surface area contributed by atoms with Crippen LogP contribution >= 0.6 is 23.4 Å². The highest BCUT2D eigenvalue weighted by molar-refractivity contribution is 7.99. The summed E-state index contributed by atoms with van der Waals surface area (Å²) in [5.41, 5.74) is 8.62. The maximum absolute atomic E-state index is 14.1. The smallest absolute Gasteiger partial charge is 0.230 e. The van der Waals surface area contributed by atoms with Gasteiger partial charge in [0, 0.05) is 48.3 Å². The quantitative estimate of drug-likeness (QED) is 0.697. The van der Waals surface area contributed by atoms with Crippen molar-refractivity contribution < 1.29 is 9.18 Å². The van der Waals surface area contributed by atoms with Crippen molar-refractivity contribution in [3.05, 3.63) is 52.2 Å². The SMILES string of the molecule is CC1SCc2ncnc(N3CCN(C(=O)C(CC(C)(C)N)c4ccc(Cl)c(F)c4)CC3)c21. The molecule has 0 aliphatic carbocycles. The van der Waals surface area contributed by atoms with Crippen LogP contribution in [0.3, 0.4) is 0 Å². The lowest BCUT2D eigenvalue weighted by Crippen LogP contribution is -2.51. The molecular formula is C23H29ClFN5OS. The Kier molecular flexibility index (Phi) is 6.66. The van der Waals surface area contributed by atoms with Crippen LogP contribution in [0.5, 0.6) is 0 Å². The first kappa shape index (κ1) is 23.3. The second-order valence-electron chi connectivity index (χ2n) is 9.24. The third kappa shape index (κ3) is 4.87. The fourth-order valence-corrected chi connectivity index (χ4v) is 5.62. The van der Waals surface area contributed by atoms with Crippen molar-refractivity contribution in [3.63, 3.8) is 0 Å². The molecule has 1 aromatic carbocycles. The average Bonchev–Trinajstić information content (AvgIpc) is 3.14. The molecule has 32 heavy (non-hydrogen) atoms. The molecule has 0 bridgehead atoms. The summed E-state index contributed by atoms with van der Waals surface area (Å²) in [5.74, 6) is 0.832. The van der Waals surface area contributed by atoms with Crippen molar-refractivity contribution in [1.29, 1.82) is 0 Å². The van der Waals surface area contributed by atoms with Crippen molar-refractivity contribution in [2.45, 2.75) is 49.7 Å². The lowest BCUT2D eigenvalue weighted by Gasteiger charge is -2.38. The summed E-state index contributed by atoms with van der Waals surface area (Å²) in [6, 6.07) is 4.58. The van der Waals surface area contributed by atoms with Crippen molar-refractivity contribution in [2.24, 2.45) is 5.73 Å². The van der Waals surface area contributed by atoms with Crippen LogP contribution < -0.4 is 10.6 Å². The summed E-state index contributed by atoms with van der Waals surface area (Å²) < 4.78 is 14.1. The van der Waals surface area contributed by atoms with Gasteiger partial charge in [-0.05, 0) is 44.9 Å². The van der Waals surface area contributed by atoms with E-state index in [1.165, 1.54) is 17.7 Å². The molecule has 0 radical (unpaired) electrons. The number of amides is 1. The molecule has 2 aliphatic rings. The number of nitrogens with zero attached hydrogens (tertiary/aromatic N) is 4. The second-order valence-corrected chi connectivity index (χ2v) is 11.0. The topological polar surface area (TPSA) is 75.4 Å². The van der Waals surface area contributed by atoms with Gasteiger partial charge in [-0.15, -0.1) is 11.8 Å². The summed E-state index contributed by atoms with van der Waals surface area (Å²) in [5, 5.41) is 0.419. The Morgan fingerprint density at radius 3 is 2.69 bits per heavy atom. The molecule has 9 heteroatoms. The summed E-state index contributed by atoms with van der Waals surface area (Å²) in [6.45, 7) is 8.50. The molecule has 2 unspecified atom stereocenters. The number of nitrogens with two attached hydrogens (primary N) is 1. The van der Waals surface area contributed by atoms with Gasteiger partial charge in [0.25, 0.3) is 0 Å². The van der Waals surface area contributed by atoms with E-state index in [2.05, 4.69) is 21.8 Å². The van der Waals surface area contributed by atoms with Crippen LogP contribution in [-0.4, -0.2) is 52.5 Å². The van der Waals surface area contributed by atoms with E-state index >= 15 is 0 Å². The minimum Gasteiger partial charge on any atom is -0.353 e. The molecule has 1 amide bonds. The van der Waals surface area contributed by atoms with Crippen molar-refractivity contribution in [3.8, 4) is 0 Å². The number of fused-ring (bicyclic) bond motifs is 1. The van der Waals surface area contributed by atoms with E-state index in [0.29, 0.717) is 43.4 Å². The summed E-state index contributed by atoms with van der Waals surface area (Å²) in [4.78, 5) is 26.6. The van der Waals surface area contributed by atoms with Crippen LogP contribution in [0, 0.1) is 5.82 Å². The Morgan fingerprint density at radius 1 is 1.31 bits per heavy atom. The number of hydrogen-bond acceptors (Lipinski definition) is 6. The Morgan fingerprint density at radius 2 is 2.03 bits per heavy atom. The number of anilines is 1. The number of piperazine rings is 1. The van der Waals surface area contributed by atoms with Crippen LogP contribution in [0.4, 0.5) is 10.2 Å². The van der Waals surface area contributed by atoms with E-state index in [9.17, 15) is 9.18 Å². The van der Waals surface area contributed by atoms with Gasteiger partial charge in [0.15, 0.2) is 0 Å². The molecule has 3 heterocycles. The first-order valence-corrected chi connectivity index (χ1v) is 12.3. The molecule has 0 spiro atoms. The number of carbonyl (C=O) groups is 1. The highest BCUT2D eigenvalue weighted by Crippen LogP contribution is 2.44. The largest absolute Gasteiger partial charge is 0.353 e. The van der Waals surface area contributed by atoms with Gasteiger partial charge in [-0.2, -0.15) is 0 Å². The van der Waals surface area contributed by atoms with Crippen LogP contribution in [0.15, 0.2) is 24.5 Å². The zero-order valence-corrected chi connectivity index (χ0v) is 20.2. The number of benzene rings is 1. The fourth-order valence-electron chi connectivity index (χ4n) is 4.45. The lowest BCUT2D eigenvalue weighted by molar-refractivity contribution is -0.133. The van der Waals surface area contributed by atoms with Crippen LogP contribution in [0.2, 0.25) is 5.02 Å². The van der Waals surface area contributed by atoms with Crippen molar-refractivity contribution in [2.75, 3.05) is 31.1 Å². The highest BCUT2D eigenvalue weighted by Gasteiger charge is 2.34. The monoisotopic (exact) mass is 477 g/mol.